The first-order valence-electron chi connectivity index (χ1n) is 19.8. The van der Waals surface area contributed by atoms with Crippen molar-refractivity contribution in [1.29, 1.82) is 0 Å². The number of para-hydroxylation sites is 2. The van der Waals surface area contributed by atoms with Gasteiger partial charge in [0.15, 0.2) is 0 Å². The van der Waals surface area contributed by atoms with E-state index >= 15 is 0 Å². The third-order valence-corrected chi connectivity index (χ3v) is 11.5. The minimum Gasteiger partial charge on any atom is -0.455 e. The van der Waals surface area contributed by atoms with Crippen LogP contribution in [0.5, 0.6) is 0 Å². The van der Waals surface area contributed by atoms with Crippen molar-refractivity contribution in [1.82, 2.24) is 0 Å². The van der Waals surface area contributed by atoms with E-state index < -0.39 is 0 Å². The van der Waals surface area contributed by atoms with Crippen molar-refractivity contribution in [3.63, 3.8) is 0 Å². The van der Waals surface area contributed by atoms with Crippen LogP contribution in [0.1, 0.15) is 0 Å². The van der Waals surface area contributed by atoms with Gasteiger partial charge in [0.2, 0.25) is 0 Å². The number of fused-ring (bicyclic) bond motifs is 5. The van der Waals surface area contributed by atoms with E-state index in [4.69, 9.17) is 4.42 Å². The van der Waals surface area contributed by atoms with E-state index in [0.717, 1.165) is 50.1 Å². The molecule has 11 rings (SSSR count). The SMILES string of the molecule is c1cc(-c2cccc3ccccc23)cc(N(c2ccc(-c3ccccc3-c3ccc4ccccc4c3)cc2)c2ccc(-c3cccc4c3oc3ccccc34)cc2)c1. The Morgan fingerprint density at radius 2 is 0.793 bits per heavy atom. The summed E-state index contributed by atoms with van der Waals surface area (Å²) in [4.78, 5) is 2.36. The number of rotatable bonds is 7. The highest BCUT2D eigenvalue weighted by Crippen LogP contribution is 2.42. The van der Waals surface area contributed by atoms with Crippen molar-refractivity contribution >= 4 is 60.5 Å². The lowest BCUT2D eigenvalue weighted by Crippen LogP contribution is -2.10. The molecule has 0 saturated carbocycles. The van der Waals surface area contributed by atoms with E-state index in [1.807, 2.05) is 12.1 Å². The van der Waals surface area contributed by atoms with Crippen LogP contribution in [-0.4, -0.2) is 0 Å². The predicted octanol–water partition coefficient (Wildman–Crippen LogP) is 16.0. The van der Waals surface area contributed by atoms with E-state index in [0.29, 0.717) is 0 Å². The fraction of sp³-hybridized carbons (Fsp3) is 0. The Kier molecular flexibility index (Phi) is 8.19. The number of anilines is 3. The van der Waals surface area contributed by atoms with Gasteiger partial charge in [0.25, 0.3) is 0 Å². The van der Waals surface area contributed by atoms with E-state index in [-0.39, 0.29) is 0 Å². The maximum absolute atomic E-state index is 6.43. The Morgan fingerprint density at radius 1 is 0.276 bits per heavy atom. The molecule has 0 spiro atoms. The minimum absolute atomic E-state index is 0.905. The lowest BCUT2D eigenvalue weighted by Gasteiger charge is -2.26. The van der Waals surface area contributed by atoms with Gasteiger partial charge in [-0.3, -0.25) is 0 Å². The average molecular weight is 740 g/mol. The number of benzene rings is 10. The zero-order chi connectivity index (χ0) is 38.4. The summed E-state index contributed by atoms with van der Waals surface area (Å²) in [6.45, 7) is 0. The third kappa shape index (κ3) is 5.91. The van der Waals surface area contributed by atoms with Crippen LogP contribution >= 0.6 is 0 Å². The van der Waals surface area contributed by atoms with Gasteiger partial charge in [-0.15, -0.1) is 0 Å². The van der Waals surface area contributed by atoms with E-state index in [9.17, 15) is 0 Å². The first kappa shape index (κ1) is 33.6. The molecule has 2 nitrogen and oxygen atoms in total. The zero-order valence-electron chi connectivity index (χ0n) is 31.7. The summed E-state index contributed by atoms with van der Waals surface area (Å²) in [6, 6.07) is 80.7. The molecule has 0 radical (unpaired) electrons. The van der Waals surface area contributed by atoms with Crippen LogP contribution in [0.15, 0.2) is 229 Å². The molecule has 0 saturated heterocycles. The molecule has 0 N–H and O–H groups in total. The average Bonchev–Trinajstić information content (AvgIpc) is 3.69. The van der Waals surface area contributed by atoms with Gasteiger partial charge in [-0.2, -0.15) is 0 Å². The van der Waals surface area contributed by atoms with Gasteiger partial charge in [-0.1, -0.05) is 176 Å². The summed E-state index contributed by atoms with van der Waals surface area (Å²) in [7, 11) is 0. The van der Waals surface area contributed by atoms with E-state index in [2.05, 4.69) is 217 Å². The molecule has 10 aromatic carbocycles. The molecule has 272 valence electrons. The zero-order valence-corrected chi connectivity index (χ0v) is 31.7. The summed E-state index contributed by atoms with van der Waals surface area (Å²) >= 11 is 0. The van der Waals surface area contributed by atoms with Gasteiger partial charge in [0.05, 0.1) is 0 Å². The van der Waals surface area contributed by atoms with Crippen molar-refractivity contribution in [2.75, 3.05) is 4.90 Å². The van der Waals surface area contributed by atoms with Gasteiger partial charge in [0, 0.05) is 33.4 Å². The quantitative estimate of drug-likeness (QED) is 0.162. The fourth-order valence-electron chi connectivity index (χ4n) is 8.63. The highest BCUT2D eigenvalue weighted by atomic mass is 16.3. The van der Waals surface area contributed by atoms with Crippen molar-refractivity contribution in [2.45, 2.75) is 0 Å². The van der Waals surface area contributed by atoms with Crippen LogP contribution in [-0.2, 0) is 0 Å². The maximum atomic E-state index is 6.43. The van der Waals surface area contributed by atoms with Crippen molar-refractivity contribution in [3.05, 3.63) is 224 Å². The summed E-state index contributed by atoms with van der Waals surface area (Å²) in [6.07, 6.45) is 0. The van der Waals surface area contributed by atoms with Crippen molar-refractivity contribution in [3.8, 4) is 44.5 Å². The molecule has 0 aliphatic heterocycles. The monoisotopic (exact) mass is 739 g/mol. The van der Waals surface area contributed by atoms with Crippen LogP contribution in [0.3, 0.4) is 0 Å². The fourth-order valence-corrected chi connectivity index (χ4v) is 8.63. The molecule has 0 aliphatic rings. The summed E-state index contributed by atoms with van der Waals surface area (Å²) in [5.41, 5.74) is 14.4. The molecule has 58 heavy (non-hydrogen) atoms. The minimum atomic E-state index is 0.905. The summed E-state index contributed by atoms with van der Waals surface area (Å²) < 4.78 is 6.43. The normalized spacial score (nSPS) is 11.4. The van der Waals surface area contributed by atoms with Gasteiger partial charge in [-0.05, 0) is 109 Å². The van der Waals surface area contributed by atoms with Crippen LogP contribution in [0.4, 0.5) is 17.1 Å². The second kappa shape index (κ2) is 14.1. The molecule has 0 aliphatic carbocycles. The first-order valence-corrected chi connectivity index (χ1v) is 19.8. The molecule has 2 heteroatoms. The standard InChI is InChI=1S/C56H37NO/c1-2-14-42-36-44(27-26-38(42)12-1)50-20-6-5-19-49(50)40-28-32-45(33-29-40)57(47-17-9-16-43(37-47)51-22-10-15-39-13-3-4-18-48(39)51)46-34-30-41(31-35-46)52-23-11-24-54-53-21-7-8-25-55(53)58-56(52)54/h1-37H. The molecular weight excluding hydrogens is 703 g/mol. The number of nitrogens with zero attached hydrogens (tertiary/aromatic N) is 1. The highest BCUT2D eigenvalue weighted by Gasteiger charge is 2.17. The number of hydrogen-bond donors (Lipinski definition) is 0. The van der Waals surface area contributed by atoms with Crippen LogP contribution in [0.2, 0.25) is 0 Å². The van der Waals surface area contributed by atoms with Crippen LogP contribution in [0, 0.1) is 0 Å². The molecule has 1 heterocycles. The van der Waals surface area contributed by atoms with Crippen LogP contribution < -0.4 is 4.90 Å². The van der Waals surface area contributed by atoms with Gasteiger partial charge in [-0.25, -0.2) is 0 Å². The number of hydrogen-bond acceptors (Lipinski definition) is 2. The molecule has 0 atom stereocenters. The lowest BCUT2D eigenvalue weighted by atomic mass is 9.93. The van der Waals surface area contributed by atoms with Crippen molar-refractivity contribution < 1.29 is 4.42 Å². The molecule has 0 fully saturated rings. The highest BCUT2D eigenvalue weighted by molar-refractivity contribution is 6.09. The Balaban J connectivity index is 1.01. The molecule has 1 aromatic heterocycles. The molecule has 0 amide bonds. The number of furan rings is 1. The predicted molar refractivity (Wildman–Crippen MR) is 245 cm³/mol. The smallest absolute Gasteiger partial charge is 0.143 e. The first-order chi connectivity index (χ1) is 28.7. The topological polar surface area (TPSA) is 16.4 Å². The lowest BCUT2D eigenvalue weighted by molar-refractivity contribution is 0.670. The Labute approximate surface area is 337 Å². The molecule has 11 aromatic rings. The summed E-state index contributed by atoms with van der Waals surface area (Å²) in [5.74, 6) is 0. The molecular formula is C56H37NO. The molecule has 0 bridgehead atoms. The largest absolute Gasteiger partial charge is 0.455 e. The van der Waals surface area contributed by atoms with Gasteiger partial charge in [0.1, 0.15) is 11.2 Å². The Hall–Kier alpha value is -7.68. The third-order valence-electron chi connectivity index (χ3n) is 11.5. The van der Waals surface area contributed by atoms with Crippen LogP contribution in [0.25, 0.3) is 88.0 Å². The second-order valence-corrected chi connectivity index (χ2v) is 14.9. The van der Waals surface area contributed by atoms with E-state index in [1.54, 1.807) is 0 Å². The van der Waals surface area contributed by atoms with Crippen molar-refractivity contribution in [2.24, 2.45) is 0 Å². The molecule has 0 unspecified atom stereocenters. The maximum Gasteiger partial charge on any atom is 0.143 e. The Morgan fingerprint density at radius 3 is 1.59 bits per heavy atom. The van der Waals surface area contributed by atoms with E-state index in [1.165, 1.54) is 54.9 Å². The summed E-state index contributed by atoms with van der Waals surface area (Å²) in [5, 5.41) is 7.23. The second-order valence-electron chi connectivity index (χ2n) is 14.9. The van der Waals surface area contributed by atoms with Gasteiger partial charge < -0.3 is 9.32 Å². The Bertz CT molecular complexity index is 3280. The van der Waals surface area contributed by atoms with Gasteiger partial charge >= 0.3 is 0 Å².